The van der Waals surface area contributed by atoms with Gasteiger partial charge in [0.1, 0.15) is 12.4 Å². The fraction of sp³-hybridized carbons (Fsp3) is 0.208. The van der Waals surface area contributed by atoms with Crippen LogP contribution in [0.25, 0.3) is 0 Å². The van der Waals surface area contributed by atoms with Crippen molar-refractivity contribution in [3.8, 4) is 23.0 Å². The second-order valence-electron chi connectivity index (χ2n) is 6.43. The van der Waals surface area contributed by atoms with E-state index in [4.69, 9.17) is 18.9 Å². The number of ether oxygens (including phenoxy) is 4. The highest BCUT2D eigenvalue weighted by Crippen LogP contribution is 2.39. The maximum atomic E-state index is 12.8. The molecular weight excluding hydrogens is 382 g/mol. The summed E-state index contributed by atoms with van der Waals surface area (Å²) in [6.45, 7) is 0.764. The minimum atomic E-state index is -0.272. The molecule has 0 saturated heterocycles. The van der Waals surface area contributed by atoms with E-state index in [9.17, 15) is 4.79 Å². The van der Waals surface area contributed by atoms with Gasteiger partial charge in [0.05, 0.1) is 26.9 Å². The van der Waals surface area contributed by atoms with Crippen molar-refractivity contribution in [2.75, 3.05) is 21.3 Å². The Morgan fingerprint density at radius 1 is 0.767 bits per heavy atom. The molecule has 0 atom stereocenters. The summed E-state index contributed by atoms with van der Waals surface area (Å²) in [7, 11) is 4.53. The minimum Gasteiger partial charge on any atom is -0.493 e. The normalized spacial score (nSPS) is 10.2. The smallest absolute Gasteiger partial charge is 0.255 e. The molecule has 30 heavy (non-hydrogen) atoms. The summed E-state index contributed by atoms with van der Waals surface area (Å²) >= 11 is 0. The van der Waals surface area contributed by atoms with Crippen LogP contribution in [0.5, 0.6) is 23.0 Å². The van der Waals surface area contributed by atoms with Crippen molar-refractivity contribution >= 4 is 5.91 Å². The van der Waals surface area contributed by atoms with E-state index < -0.39 is 0 Å². The molecule has 6 nitrogen and oxygen atoms in total. The van der Waals surface area contributed by atoms with Gasteiger partial charge < -0.3 is 24.3 Å². The molecule has 0 aliphatic heterocycles. The number of nitrogens with one attached hydrogen (secondary N) is 1. The van der Waals surface area contributed by atoms with Crippen molar-refractivity contribution in [2.24, 2.45) is 0 Å². The first kappa shape index (κ1) is 21.0. The average molecular weight is 407 g/mol. The second kappa shape index (κ2) is 10.2. The van der Waals surface area contributed by atoms with Gasteiger partial charge in [-0.1, -0.05) is 42.5 Å². The SMILES string of the molecule is COc1ccc(C(=O)NCc2ccccc2COc2ccccc2)c(OC)c1OC. The molecule has 0 spiro atoms. The summed E-state index contributed by atoms with van der Waals surface area (Å²) in [5.74, 6) is 1.73. The molecule has 0 aliphatic carbocycles. The largest absolute Gasteiger partial charge is 0.493 e. The third-order valence-electron chi connectivity index (χ3n) is 4.64. The summed E-state index contributed by atoms with van der Waals surface area (Å²) in [5.41, 5.74) is 2.34. The highest BCUT2D eigenvalue weighted by molar-refractivity contribution is 5.98. The number of rotatable bonds is 9. The highest BCUT2D eigenvalue weighted by atomic mass is 16.5. The van der Waals surface area contributed by atoms with Gasteiger partial charge in [-0.25, -0.2) is 0 Å². The standard InChI is InChI=1S/C24H25NO5/c1-27-21-14-13-20(22(28-2)23(21)29-3)24(26)25-15-17-9-7-8-10-18(17)16-30-19-11-5-4-6-12-19/h4-14H,15-16H2,1-3H3,(H,25,26). The molecule has 156 valence electrons. The lowest BCUT2D eigenvalue weighted by atomic mass is 10.1. The van der Waals surface area contributed by atoms with Crippen molar-refractivity contribution in [2.45, 2.75) is 13.2 Å². The van der Waals surface area contributed by atoms with E-state index >= 15 is 0 Å². The van der Waals surface area contributed by atoms with Crippen LogP contribution in [0.1, 0.15) is 21.5 Å². The summed E-state index contributed by atoms with van der Waals surface area (Å²) in [6.07, 6.45) is 0. The molecule has 0 aromatic heterocycles. The van der Waals surface area contributed by atoms with Gasteiger partial charge in [-0.2, -0.15) is 0 Å². The van der Waals surface area contributed by atoms with Crippen molar-refractivity contribution < 1.29 is 23.7 Å². The Bertz CT molecular complexity index is 988. The van der Waals surface area contributed by atoms with Gasteiger partial charge in [0.2, 0.25) is 5.75 Å². The quantitative estimate of drug-likeness (QED) is 0.575. The van der Waals surface area contributed by atoms with Crippen molar-refractivity contribution in [3.63, 3.8) is 0 Å². The first-order chi connectivity index (χ1) is 14.7. The average Bonchev–Trinajstić information content (AvgIpc) is 2.81. The van der Waals surface area contributed by atoms with Gasteiger partial charge in [0.25, 0.3) is 5.91 Å². The van der Waals surface area contributed by atoms with E-state index in [-0.39, 0.29) is 5.91 Å². The lowest BCUT2D eigenvalue weighted by Crippen LogP contribution is -2.24. The zero-order valence-corrected chi connectivity index (χ0v) is 17.3. The Morgan fingerprint density at radius 3 is 2.10 bits per heavy atom. The third-order valence-corrected chi connectivity index (χ3v) is 4.64. The van der Waals surface area contributed by atoms with E-state index in [0.717, 1.165) is 16.9 Å². The molecular formula is C24H25NO5. The number of amides is 1. The number of carbonyl (C=O) groups excluding carboxylic acids is 1. The van der Waals surface area contributed by atoms with Crippen LogP contribution in [0.3, 0.4) is 0 Å². The maximum absolute atomic E-state index is 12.8. The zero-order chi connectivity index (χ0) is 21.3. The molecule has 0 aliphatic rings. The maximum Gasteiger partial charge on any atom is 0.255 e. The molecule has 1 amide bonds. The molecule has 0 radical (unpaired) electrons. The number of methoxy groups -OCH3 is 3. The number of hydrogen-bond donors (Lipinski definition) is 1. The van der Waals surface area contributed by atoms with Crippen LogP contribution in [-0.4, -0.2) is 27.2 Å². The van der Waals surface area contributed by atoms with Crippen LogP contribution in [0.4, 0.5) is 0 Å². The zero-order valence-electron chi connectivity index (χ0n) is 17.3. The van der Waals surface area contributed by atoms with Crippen LogP contribution in [0, 0.1) is 0 Å². The highest BCUT2D eigenvalue weighted by Gasteiger charge is 2.20. The first-order valence-electron chi connectivity index (χ1n) is 9.49. The predicted octanol–water partition coefficient (Wildman–Crippen LogP) is 4.22. The van der Waals surface area contributed by atoms with Gasteiger partial charge in [0, 0.05) is 6.54 Å². The van der Waals surface area contributed by atoms with E-state index in [1.54, 1.807) is 12.1 Å². The van der Waals surface area contributed by atoms with Crippen molar-refractivity contribution in [1.82, 2.24) is 5.32 Å². The van der Waals surface area contributed by atoms with Gasteiger partial charge in [-0.15, -0.1) is 0 Å². The number of carbonyl (C=O) groups is 1. The van der Waals surface area contributed by atoms with Crippen LogP contribution < -0.4 is 24.3 Å². The predicted molar refractivity (Wildman–Crippen MR) is 114 cm³/mol. The summed E-state index contributed by atoms with van der Waals surface area (Å²) in [4.78, 5) is 12.8. The molecule has 3 aromatic carbocycles. The van der Waals surface area contributed by atoms with Crippen LogP contribution in [0.15, 0.2) is 66.7 Å². The van der Waals surface area contributed by atoms with Crippen molar-refractivity contribution in [3.05, 3.63) is 83.4 Å². The first-order valence-corrected chi connectivity index (χ1v) is 9.49. The molecule has 0 saturated carbocycles. The fourth-order valence-corrected chi connectivity index (χ4v) is 3.10. The fourth-order valence-electron chi connectivity index (χ4n) is 3.10. The molecule has 3 rings (SSSR count). The monoisotopic (exact) mass is 407 g/mol. The Kier molecular flexibility index (Phi) is 7.16. The number of benzene rings is 3. The third kappa shape index (κ3) is 4.84. The van der Waals surface area contributed by atoms with Crippen LogP contribution >= 0.6 is 0 Å². The van der Waals surface area contributed by atoms with Gasteiger partial charge in [-0.3, -0.25) is 4.79 Å². The number of para-hydroxylation sites is 1. The van der Waals surface area contributed by atoms with Crippen LogP contribution in [-0.2, 0) is 13.2 Å². The van der Waals surface area contributed by atoms with Gasteiger partial charge >= 0.3 is 0 Å². The van der Waals surface area contributed by atoms with E-state index in [1.807, 2.05) is 54.6 Å². The van der Waals surface area contributed by atoms with E-state index in [0.29, 0.717) is 36.0 Å². The molecule has 3 aromatic rings. The molecule has 0 unspecified atom stereocenters. The lowest BCUT2D eigenvalue weighted by molar-refractivity contribution is 0.0947. The summed E-state index contributed by atoms with van der Waals surface area (Å²) in [6, 6.07) is 20.8. The van der Waals surface area contributed by atoms with Gasteiger partial charge in [0.15, 0.2) is 11.5 Å². The van der Waals surface area contributed by atoms with E-state index in [1.165, 1.54) is 21.3 Å². The van der Waals surface area contributed by atoms with E-state index in [2.05, 4.69) is 5.32 Å². The Balaban J connectivity index is 1.72. The number of hydrogen-bond acceptors (Lipinski definition) is 5. The lowest BCUT2D eigenvalue weighted by Gasteiger charge is -2.16. The molecule has 6 heteroatoms. The summed E-state index contributed by atoms with van der Waals surface area (Å²) < 4.78 is 21.9. The minimum absolute atomic E-state index is 0.272. The Labute approximate surface area is 176 Å². The Morgan fingerprint density at radius 2 is 1.43 bits per heavy atom. The molecule has 1 N–H and O–H groups in total. The van der Waals surface area contributed by atoms with Gasteiger partial charge in [-0.05, 0) is 35.4 Å². The molecule has 0 bridgehead atoms. The molecule has 0 heterocycles. The second-order valence-corrected chi connectivity index (χ2v) is 6.43. The topological polar surface area (TPSA) is 66.0 Å². The van der Waals surface area contributed by atoms with Crippen molar-refractivity contribution in [1.29, 1.82) is 0 Å². The molecule has 0 fully saturated rings. The van der Waals surface area contributed by atoms with Crippen LogP contribution in [0.2, 0.25) is 0 Å². The Hall–Kier alpha value is -3.67. The summed E-state index contributed by atoms with van der Waals surface area (Å²) in [5, 5.41) is 2.95.